The average molecular weight is 799 g/mol. The Kier molecular flexibility index (Phi) is 14.1. The van der Waals surface area contributed by atoms with E-state index in [1.54, 1.807) is 16.0 Å². The molecule has 3 saturated heterocycles. The summed E-state index contributed by atoms with van der Waals surface area (Å²) in [5.74, 6) is 2.66. The van der Waals surface area contributed by atoms with Crippen LogP contribution in [0.4, 0.5) is 0 Å². The van der Waals surface area contributed by atoms with Gasteiger partial charge in [0.2, 0.25) is 29.5 Å². The van der Waals surface area contributed by atoms with Gasteiger partial charge in [-0.25, -0.2) is 10.8 Å². The molecule has 312 valence electrons. The number of aromatic amines is 1. The second-order valence-corrected chi connectivity index (χ2v) is 15.9. The third-order valence-electron chi connectivity index (χ3n) is 12.2. The summed E-state index contributed by atoms with van der Waals surface area (Å²) in [6.45, 7) is 4.83. The maximum absolute atomic E-state index is 14.6. The van der Waals surface area contributed by atoms with Crippen LogP contribution in [0.25, 0.3) is 10.8 Å². The van der Waals surface area contributed by atoms with E-state index in [0.29, 0.717) is 76.7 Å². The van der Waals surface area contributed by atoms with Crippen molar-refractivity contribution >= 4 is 46.2 Å². The smallest absolute Gasteiger partial charge is 0.256 e. The summed E-state index contributed by atoms with van der Waals surface area (Å²) < 4.78 is 0. The minimum absolute atomic E-state index is 0.0952. The van der Waals surface area contributed by atoms with E-state index in [2.05, 4.69) is 26.0 Å². The van der Waals surface area contributed by atoms with Crippen molar-refractivity contribution in [2.75, 3.05) is 19.6 Å². The molecule has 1 unspecified atom stereocenters. The molecule has 8 N–H and O–H groups in total. The van der Waals surface area contributed by atoms with Gasteiger partial charge in [0.25, 0.3) is 5.91 Å². The highest BCUT2D eigenvalue weighted by Gasteiger charge is 2.44. The van der Waals surface area contributed by atoms with E-state index >= 15 is 0 Å². The molecule has 7 atom stereocenters. The van der Waals surface area contributed by atoms with Crippen molar-refractivity contribution in [3.05, 3.63) is 66.2 Å². The SMILES string of the molecule is CCC(C)[C@H](NC(=O)[C@H](N)Cc1cccc2ccccc12)C(=O)N1CCCC[C@@H]1C(=O)N1CCCC[C@H]1C(=O)N[C@H](Cc1cnc[nH]1)C(=O)N1CCC[C@H]1C(=O)NN. The summed E-state index contributed by atoms with van der Waals surface area (Å²) in [6, 6.07) is 8.48. The Hall–Kier alpha value is -5.35. The number of hydrogen-bond acceptors (Lipinski definition) is 9. The lowest BCUT2D eigenvalue weighted by molar-refractivity contribution is -0.154. The molecule has 4 heterocycles. The van der Waals surface area contributed by atoms with Crippen LogP contribution in [0.5, 0.6) is 0 Å². The lowest BCUT2D eigenvalue weighted by Gasteiger charge is -2.43. The molecule has 0 radical (unpaired) electrons. The van der Waals surface area contributed by atoms with Crippen LogP contribution >= 0.6 is 0 Å². The van der Waals surface area contributed by atoms with Crippen LogP contribution in [-0.4, -0.2) is 116 Å². The summed E-state index contributed by atoms with van der Waals surface area (Å²) in [5, 5.41) is 7.95. The Morgan fingerprint density at radius 1 is 0.793 bits per heavy atom. The second kappa shape index (κ2) is 19.4. The van der Waals surface area contributed by atoms with Crippen molar-refractivity contribution in [2.24, 2.45) is 17.5 Å². The van der Waals surface area contributed by atoms with E-state index in [1.807, 2.05) is 56.3 Å². The first-order valence-electron chi connectivity index (χ1n) is 20.7. The van der Waals surface area contributed by atoms with Crippen molar-refractivity contribution in [2.45, 2.75) is 121 Å². The lowest BCUT2D eigenvalue weighted by atomic mass is 9.92. The zero-order chi connectivity index (χ0) is 41.3. The number of likely N-dealkylation sites (tertiary alicyclic amines) is 3. The maximum atomic E-state index is 14.6. The van der Waals surface area contributed by atoms with E-state index in [9.17, 15) is 28.8 Å². The average Bonchev–Trinajstić information content (AvgIpc) is 3.97. The number of nitrogens with two attached hydrogens (primary N) is 2. The normalized spacial score (nSPS) is 21.8. The van der Waals surface area contributed by atoms with Crippen molar-refractivity contribution in [1.82, 2.24) is 40.7 Å². The van der Waals surface area contributed by atoms with Gasteiger partial charge < -0.3 is 36.1 Å². The van der Waals surface area contributed by atoms with Gasteiger partial charge in [0.1, 0.15) is 30.2 Å². The van der Waals surface area contributed by atoms with Gasteiger partial charge in [-0.05, 0) is 80.0 Å². The maximum Gasteiger partial charge on any atom is 0.256 e. The number of benzene rings is 2. The topological polar surface area (TPSA) is 229 Å². The molecule has 2 aromatic carbocycles. The molecule has 16 heteroatoms. The predicted octanol–water partition coefficient (Wildman–Crippen LogP) is 1.43. The molecule has 6 amide bonds. The first-order chi connectivity index (χ1) is 28.0. The van der Waals surface area contributed by atoms with E-state index in [4.69, 9.17) is 11.6 Å². The number of carbonyl (C=O) groups excluding carboxylic acids is 6. The van der Waals surface area contributed by atoms with E-state index in [0.717, 1.165) is 22.8 Å². The minimum atomic E-state index is -1.04. The van der Waals surface area contributed by atoms with Crippen LogP contribution in [0, 0.1) is 5.92 Å². The molecule has 3 aromatic rings. The Labute approximate surface area is 339 Å². The number of carbonyl (C=O) groups is 6. The summed E-state index contributed by atoms with van der Waals surface area (Å²) in [5.41, 5.74) is 10.2. The number of hydrazine groups is 1. The van der Waals surface area contributed by atoms with Gasteiger partial charge >= 0.3 is 0 Å². The van der Waals surface area contributed by atoms with E-state index in [-0.39, 0.29) is 30.6 Å². The molecule has 3 fully saturated rings. The standard InChI is InChI=1S/C42H58N10O6/c1-3-26(2)36(48-37(53)31(43)22-28-14-10-13-27-12-4-5-15-30(27)28)42(58)52-20-9-7-17-35(52)41(57)51-19-8-6-16-33(51)38(54)47-32(23-29-24-45-25-46-29)40(56)50-21-11-18-34(50)39(55)49-44/h4-5,10,12-15,24-26,31-36H,3,6-9,11,16-23,43-44H2,1-2H3,(H,45,46)(H,47,54)(H,48,53)(H,49,55)/t26?,31-,32-,33+,34+,35-,36+/m1/s1. The number of nitrogens with one attached hydrogen (secondary N) is 4. The molecular weight excluding hydrogens is 741 g/mol. The number of hydrogen-bond donors (Lipinski definition) is 6. The quantitative estimate of drug-likeness (QED) is 0.0787. The minimum Gasteiger partial charge on any atom is -0.348 e. The largest absolute Gasteiger partial charge is 0.348 e. The number of imidazole rings is 1. The lowest BCUT2D eigenvalue weighted by Crippen LogP contribution is -2.63. The Balaban J connectivity index is 1.17. The third kappa shape index (κ3) is 9.50. The van der Waals surface area contributed by atoms with Gasteiger partial charge in [-0.3, -0.25) is 34.2 Å². The van der Waals surface area contributed by atoms with Crippen LogP contribution < -0.4 is 27.6 Å². The molecule has 0 aliphatic carbocycles. The number of nitrogens with zero attached hydrogens (tertiary/aromatic N) is 4. The molecule has 0 bridgehead atoms. The van der Waals surface area contributed by atoms with Gasteiger partial charge in [-0.1, -0.05) is 62.7 Å². The fourth-order valence-corrected chi connectivity index (χ4v) is 8.72. The number of H-pyrrole nitrogens is 1. The van der Waals surface area contributed by atoms with Gasteiger partial charge in [-0.15, -0.1) is 0 Å². The highest BCUT2D eigenvalue weighted by Crippen LogP contribution is 2.27. The van der Waals surface area contributed by atoms with Crippen LogP contribution in [-0.2, 0) is 41.6 Å². The predicted molar refractivity (Wildman–Crippen MR) is 217 cm³/mol. The number of aromatic nitrogens is 2. The number of rotatable bonds is 14. The van der Waals surface area contributed by atoms with Crippen molar-refractivity contribution in [3.63, 3.8) is 0 Å². The van der Waals surface area contributed by atoms with Crippen LogP contribution in [0.2, 0.25) is 0 Å². The van der Waals surface area contributed by atoms with Crippen molar-refractivity contribution < 1.29 is 28.8 Å². The molecule has 58 heavy (non-hydrogen) atoms. The highest BCUT2D eigenvalue weighted by molar-refractivity contribution is 5.97. The summed E-state index contributed by atoms with van der Waals surface area (Å²) in [7, 11) is 0. The fraction of sp³-hybridized carbons (Fsp3) is 0.548. The summed E-state index contributed by atoms with van der Waals surface area (Å²) >= 11 is 0. The molecule has 3 aliphatic heterocycles. The first kappa shape index (κ1) is 42.3. The zero-order valence-electron chi connectivity index (χ0n) is 33.5. The molecular formula is C42H58N10O6. The van der Waals surface area contributed by atoms with Crippen LogP contribution in [0.3, 0.4) is 0 Å². The molecule has 0 saturated carbocycles. The second-order valence-electron chi connectivity index (χ2n) is 15.9. The summed E-state index contributed by atoms with van der Waals surface area (Å²) in [6.07, 6.45) is 8.66. The van der Waals surface area contributed by atoms with Gasteiger partial charge in [-0.2, -0.15) is 0 Å². The molecule has 0 spiro atoms. The zero-order valence-corrected chi connectivity index (χ0v) is 33.5. The van der Waals surface area contributed by atoms with Crippen LogP contribution in [0.1, 0.15) is 82.9 Å². The summed E-state index contributed by atoms with van der Waals surface area (Å²) in [4.78, 5) is 95.2. The monoisotopic (exact) mass is 798 g/mol. The highest BCUT2D eigenvalue weighted by atomic mass is 16.2. The Bertz CT molecular complexity index is 1930. The third-order valence-corrected chi connectivity index (χ3v) is 12.2. The fourth-order valence-electron chi connectivity index (χ4n) is 8.72. The van der Waals surface area contributed by atoms with Gasteiger partial charge in [0, 0.05) is 37.9 Å². The molecule has 3 aliphatic rings. The number of amides is 6. The molecule has 1 aromatic heterocycles. The molecule has 6 rings (SSSR count). The Morgan fingerprint density at radius 2 is 1.45 bits per heavy atom. The van der Waals surface area contributed by atoms with Crippen molar-refractivity contribution in [3.8, 4) is 0 Å². The first-order valence-corrected chi connectivity index (χ1v) is 20.7. The van der Waals surface area contributed by atoms with Crippen LogP contribution in [0.15, 0.2) is 55.0 Å². The van der Waals surface area contributed by atoms with Gasteiger partial charge in [0.05, 0.1) is 12.4 Å². The molecule has 16 nitrogen and oxygen atoms in total. The van der Waals surface area contributed by atoms with Crippen molar-refractivity contribution in [1.29, 1.82) is 0 Å². The number of fused-ring (bicyclic) bond motifs is 1. The van der Waals surface area contributed by atoms with Gasteiger partial charge in [0.15, 0.2) is 0 Å². The Morgan fingerprint density at radius 3 is 2.17 bits per heavy atom. The van der Waals surface area contributed by atoms with E-state index < -0.39 is 59.9 Å². The van der Waals surface area contributed by atoms with E-state index in [1.165, 1.54) is 11.2 Å². The number of piperidine rings is 2.